The van der Waals surface area contributed by atoms with E-state index in [-0.39, 0.29) is 17.8 Å². The van der Waals surface area contributed by atoms with Crippen molar-refractivity contribution in [1.82, 2.24) is 15.1 Å². The van der Waals surface area contributed by atoms with E-state index in [9.17, 15) is 4.79 Å². The molecule has 1 amide bonds. The van der Waals surface area contributed by atoms with Crippen LogP contribution < -0.4 is 5.32 Å². The number of amides is 1. The maximum absolute atomic E-state index is 12.6. The summed E-state index contributed by atoms with van der Waals surface area (Å²) in [5, 5.41) is 3.55. The molecule has 5 nitrogen and oxygen atoms in total. The van der Waals surface area contributed by atoms with E-state index in [1.165, 1.54) is 0 Å². The highest BCUT2D eigenvalue weighted by Crippen LogP contribution is 2.43. The van der Waals surface area contributed by atoms with Crippen LogP contribution in [0.4, 0.5) is 0 Å². The van der Waals surface area contributed by atoms with Crippen LogP contribution in [0.25, 0.3) is 0 Å². The second-order valence-electron chi connectivity index (χ2n) is 6.63. The summed E-state index contributed by atoms with van der Waals surface area (Å²) < 4.78 is 5.81. The van der Waals surface area contributed by atoms with Gasteiger partial charge < -0.3 is 14.5 Å². The average Bonchev–Trinajstić information content (AvgIpc) is 3.08. The van der Waals surface area contributed by atoms with Crippen LogP contribution in [0.2, 0.25) is 0 Å². The molecule has 3 aliphatic rings. The zero-order chi connectivity index (χ0) is 13.6. The molecule has 3 fully saturated rings. The van der Waals surface area contributed by atoms with Gasteiger partial charge in [0, 0.05) is 19.6 Å². The van der Waals surface area contributed by atoms with Gasteiger partial charge >= 0.3 is 0 Å². The Kier molecular flexibility index (Phi) is 3.31. The van der Waals surface area contributed by atoms with Crippen LogP contribution in [0.15, 0.2) is 0 Å². The SMILES string of the molecule is CC(C)C1NC2(CC2)C(=O)N1CC1CN(C)CCO1. The molecule has 1 aliphatic carbocycles. The minimum absolute atomic E-state index is 0.152. The van der Waals surface area contributed by atoms with Gasteiger partial charge in [0.1, 0.15) is 0 Å². The lowest BCUT2D eigenvalue weighted by molar-refractivity contribution is -0.134. The van der Waals surface area contributed by atoms with E-state index >= 15 is 0 Å². The van der Waals surface area contributed by atoms with Crippen molar-refractivity contribution in [2.75, 3.05) is 33.3 Å². The van der Waals surface area contributed by atoms with Gasteiger partial charge in [0.25, 0.3) is 0 Å². The highest BCUT2D eigenvalue weighted by atomic mass is 16.5. The van der Waals surface area contributed by atoms with Gasteiger partial charge in [-0.2, -0.15) is 0 Å². The number of hydrogen-bond donors (Lipinski definition) is 1. The highest BCUT2D eigenvalue weighted by Gasteiger charge is 2.59. The molecule has 0 aromatic carbocycles. The number of carbonyl (C=O) groups is 1. The Morgan fingerprint density at radius 1 is 1.47 bits per heavy atom. The van der Waals surface area contributed by atoms with Gasteiger partial charge in [0.05, 0.1) is 24.4 Å². The first kappa shape index (κ1) is 13.3. The Labute approximate surface area is 115 Å². The number of nitrogens with zero attached hydrogens (tertiary/aromatic N) is 2. The predicted molar refractivity (Wildman–Crippen MR) is 72.7 cm³/mol. The average molecular weight is 267 g/mol. The van der Waals surface area contributed by atoms with Gasteiger partial charge in [0.15, 0.2) is 0 Å². The van der Waals surface area contributed by atoms with E-state index in [4.69, 9.17) is 4.74 Å². The molecule has 1 N–H and O–H groups in total. The van der Waals surface area contributed by atoms with Crippen molar-refractivity contribution >= 4 is 5.91 Å². The minimum atomic E-state index is -0.213. The standard InChI is InChI=1S/C14H25N3O2/c1-10(2)12-15-14(4-5-14)13(18)17(12)9-11-8-16(3)6-7-19-11/h10-12,15H,4-9H2,1-3H3. The molecule has 108 valence electrons. The van der Waals surface area contributed by atoms with Crippen molar-refractivity contribution in [3.05, 3.63) is 0 Å². The number of rotatable bonds is 3. The van der Waals surface area contributed by atoms with Crippen molar-refractivity contribution < 1.29 is 9.53 Å². The topological polar surface area (TPSA) is 44.8 Å². The summed E-state index contributed by atoms with van der Waals surface area (Å²) in [6.45, 7) is 7.75. The molecule has 0 aromatic heterocycles. The first-order valence-electron chi connectivity index (χ1n) is 7.41. The Morgan fingerprint density at radius 3 is 2.79 bits per heavy atom. The molecule has 1 spiro atoms. The molecule has 19 heavy (non-hydrogen) atoms. The maximum atomic E-state index is 12.6. The molecular weight excluding hydrogens is 242 g/mol. The molecule has 5 heteroatoms. The summed E-state index contributed by atoms with van der Waals surface area (Å²) in [5.41, 5.74) is -0.213. The van der Waals surface area contributed by atoms with E-state index in [2.05, 4.69) is 31.1 Å². The molecule has 0 aromatic rings. The Balaban J connectivity index is 1.69. The fourth-order valence-corrected chi connectivity index (χ4v) is 3.23. The second-order valence-corrected chi connectivity index (χ2v) is 6.63. The van der Waals surface area contributed by atoms with E-state index in [1.54, 1.807) is 0 Å². The molecule has 2 unspecified atom stereocenters. The molecule has 2 heterocycles. The number of carbonyl (C=O) groups excluding carboxylic acids is 1. The molecule has 0 bridgehead atoms. The largest absolute Gasteiger partial charge is 0.374 e. The molecule has 2 atom stereocenters. The van der Waals surface area contributed by atoms with Crippen molar-refractivity contribution in [2.24, 2.45) is 5.92 Å². The van der Waals surface area contributed by atoms with Crippen LogP contribution in [-0.2, 0) is 9.53 Å². The lowest BCUT2D eigenvalue weighted by Gasteiger charge is -2.35. The zero-order valence-electron chi connectivity index (χ0n) is 12.2. The van der Waals surface area contributed by atoms with E-state index < -0.39 is 0 Å². The third kappa shape index (κ3) is 2.39. The molecule has 1 saturated carbocycles. The number of hydrogen-bond acceptors (Lipinski definition) is 4. The lowest BCUT2D eigenvalue weighted by Crippen LogP contribution is -2.50. The third-order valence-electron chi connectivity index (χ3n) is 4.55. The van der Waals surface area contributed by atoms with Crippen LogP contribution in [0.3, 0.4) is 0 Å². The van der Waals surface area contributed by atoms with Crippen molar-refractivity contribution in [3.8, 4) is 0 Å². The van der Waals surface area contributed by atoms with E-state index in [1.807, 2.05) is 4.90 Å². The number of likely N-dealkylation sites (N-methyl/N-ethyl adjacent to an activating group) is 1. The fraction of sp³-hybridized carbons (Fsp3) is 0.929. The first-order chi connectivity index (χ1) is 9.02. The Hall–Kier alpha value is -0.650. The zero-order valence-corrected chi connectivity index (χ0v) is 12.2. The van der Waals surface area contributed by atoms with Crippen LogP contribution in [-0.4, -0.2) is 66.8 Å². The van der Waals surface area contributed by atoms with E-state index in [0.29, 0.717) is 11.8 Å². The summed E-state index contributed by atoms with van der Waals surface area (Å²) in [4.78, 5) is 16.9. The van der Waals surface area contributed by atoms with Gasteiger partial charge in [-0.05, 0) is 25.8 Å². The van der Waals surface area contributed by atoms with Gasteiger partial charge in [0.2, 0.25) is 5.91 Å². The fourth-order valence-electron chi connectivity index (χ4n) is 3.23. The van der Waals surface area contributed by atoms with Crippen molar-refractivity contribution in [2.45, 2.75) is 44.5 Å². The monoisotopic (exact) mass is 267 g/mol. The van der Waals surface area contributed by atoms with Gasteiger partial charge in [-0.3, -0.25) is 10.1 Å². The van der Waals surface area contributed by atoms with Crippen LogP contribution >= 0.6 is 0 Å². The van der Waals surface area contributed by atoms with Crippen LogP contribution in [0.5, 0.6) is 0 Å². The van der Waals surface area contributed by atoms with Crippen LogP contribution in [0.1, 0.15) is 26.7 Å². The summed E-state index contributed by atoms with van der Waals surface area (Å²) in [5.74, 6) is 0.730. The number of nitrogens with one attached hydrogen (secondary N) is 1. The second kappa shape index (κ2) is 4.72. The third-order valence-corrected chi connectivity index (χ3v) is 4.55. The summed E-state index contributed by atoms with van der Waals surface area (Å²) in [7, 11) is 2.11. The van der Waals surface area contributed by atoms with E-state index in [0.717, 1.165) is 39.1 Å². The Bertz CT molecular complexity index is 368. The normalized spacial score (nSPS) is 34.5. The molecule has 2 saturated heterocycles. The first-order valence-corrected chi connectivity index (χ1v) is 7.41. The van der Waals surface area contributed by atoms with Crippen molar-refractivity contribution in [1.29, 1.82) is 0 Å². The van der Waals surface area contributed by atoms with Gasteiger partial charge in [-0.1, -0.05) is 13.8 Å². The number of morpholine rings is 1. The summed E-state index contributed by atoms with van der Waals surface area (Å²) in [6.07, 6.45) is 2.32. The highest BCUT2D eigenvalue weighted by molar-refractivity contribution is 5.91. The molecule has 0 radical (unpaired) electrons. The number of ether oxygens (including phenoxy) is 1. The Morgan fingerprint density at radius 2 is 2.21 bits per heavy atom. The molecule has 2 aliphatic heterocycles. The lowest BCUT2D eigenvalue weighted by atomic mass is 10.1. The van der Waals surface area contributed by atoms with Gasteiger partial charge in [-0.25, -0.2) is 0 Å². The molecular formula is C14H25N3O2. The predicted octanol–water partition coefficient (Wildman–Crippen LogP) is 0.264. The quantitative estimate of drug-likeness (QED) is 0.797. The van der Waals surface area contributed by atoms with Gasteiger partial charge in [-0.15, -0.1) is 0 Å². The van der Waals surface area contributed by atoms with Crippen molar-refractivity contribution in [3.63, 3.8) is 0 Å². The summed E-state index contributed by atoms with van der Waals surface area (Å²) in [6, 6.07) is 0. The minimum Gasteiger partial charge on any atom is -0.374 e. The summed E-state index contributed by atoms with van der Waals surface area (Å²) >= 11 is 0. The maximum Gasteiger partial charge on any atom is 0.244 e. The molecule has 3 rings (SSSR count). The smallest absolute Gasteiger partial charge is 0.244 e. The van der Waals surface area contributed by atoms with Crippen LogP contribution in [0, 0.1) is 5.92 Å².